The molecule has 0 bridgehead atoms. The highest BCUT2D eigenvalue weighted by atomic mass is 16.6. The SMILES string of the molecule is Cc1cc(C)c(O[C@@H](C)CC(=O)O)c([N+](=O)[O-])c1. The Labute approximate surface area is 104 Å². The number of rotatable bonds is 5. The highest BCUT2D eigenvalue weighted by Gasteiger charge is 2.21. The highest BCUT2D eigenvalue weighted by Crippen LogP contribution is 2.33. The predicted octanol–water partition coefficient (Wildman–Crippen LogP) is 2.45. The minimum absolute atomic E-state index is 0.135. The average molecular weight is 253 g/mol. The van der Waals surface area contributed by atoms with Gasteiger partial charge in [0.2, 0.25) is 0 Å². The molecular weight excluding hydrogens is 238 g/mol. The standard InChI is InChI=1S/C12H15NO5/c1-7-4-8(2)12(10(5-7)13(16)17)18-9(3)6-11(14)15/h4-5,9H,6H2,1-3H3,(H,14,15)/t9-/m0/s1. The molecule has 98 valence electrons. The van der Waals surface area contributed by atoms with Gasteiger partial charge in [-0.3, -0.25) is 14.9 Å². The molecule has 0 fully saturated rings. The minimum atomic E-state index is -1.00. The van der Waals surface area contributed by atoms with Gasteiger partial charge >= 0.3 is 11.7 Å². The number of aliphatic carboxylic acids is 1. The van der Waals surface area contributed by atoms with Gasteiger partial charge in [-0.25, -0.2) is 0 Å². The van der Waals surface area contributed by atoms with E-state index in [2.05, 4.69) is 0 Å². The first-order chi connectivity index (χ1) is 8.31. The third-order valence-electron chi connectivity index (χ3n) is 2.38. The van der Waals surface area contributed by atoms with E-state index in [1.807, 2.05) is 0 Å². The molecule has 1 aromatic carbocycles. The average Bonchev–Trinajstić information content (AvgIpc) is 2.20. The Morgan fingerprint density at radius 2 is 2.11 bits per heavy atom. The van der Waals surface area contributed by atoms with Gasteiger partial charge in [0.1, 0.15) is 6.10 Å². The molecular formula is C12H15NO5. The Balaban J connectivity index is 3.07. The topological polar surface area (TPSA) is 89.7 Å². The number of ether oxygens (including phenoxy) is 1. The summed E-state index contributed by atoms with van der Waals surface area (Å²) in [5, 5.41) is 19.6. The molecule has 18 heavy (non-hydrogen) atoms. The summed E-state index contributed by atoms with van der Waals surface area (Å²) in [6.07, 6.45) is -0.826. The van der Waals surface area contributed by atoms with Crippen LogP contribution < -0.4 is 4.74 Å². The van der Waals surface area contributed by atoms with Gasteiger partial charge in [0.15, 0.2) is 5.75 Å². The second kappa shape index (κ2) is 5.48. The van der Waals surface area contributed by atoms with E-state index in [4.69, 9.17) is 9.84 Å². The zero-order valence-corrected chi connectivity index (χ0v) is 10.5. The van der Waals surface area contributed by atoms with Gasteiger partial charge in [-0.05, 0) is 31.9 Å². The van der Waals surface area contributed by atoms with Crippen molar-refractivity contribution in [2.75, 3.05) is 0 Å². The van der Waals surface area contributed by atoms with Gasteiger partial charge in [-0.1, -0.05) is 6.07 Å². The molecule has 0 saturated carbocycles. The number of carboxylic acid groups (broad SMARTS) is 1. The third-order valence-corrected chi connectivity index (χ3v) is 2.38. The normalized spacial score (nSPS) is 11.9. The van der Waals surface area contributed by atoms with E-state index in [0.29, 0.717) is 5.56 Å². The number of nitro groups is 1. The van der Waals surface area contributed by atoms with Crippen LogP contribution in [-0.4, -0.2) is 22.1 Å². The van der Waals surface area contributed by atoms with Gasteiger partial charge in [0.25, 0.3) is 0 Å². The molecule has 0 aliphatic carbocycles. The van der Waals surface area contributed by atoms with E-state index in [1.165, 1.54) is 6.07 Å². The molecule has 0 aliphatic rings. The maximum absolute atomic E-state index is 10.9. The molecule has 1 N–H and O–H groups in total. The Morgan fingerprint density at radius 1 is 1.50 bits per heavy atom. The minimum Gasteiger partial charge on any atom is -0.483 e. The molecule has 0 heterocycles. The van der Waals surface area contributed by atoms with Gasteiger partial charge in [-0.2, -0.15) is 0 Å². The van der Waals surface area contributed by atoms with Crippen molar-refractivity contribution in [3.63, 3.8) is 0 Å². The number of nitrogens with zero attached hydrogens (tertiary/aromatic N) is 1. The maximum atomic E-state index is 10.9. The maximum Gasteiger partial charge on any atom is 0.311 e. The second-order valence-corrected chi connectivity index (χ2v) is 4.21. The Kier molecular flexibility index (Phi) is 4.25. The van der Waals surface area contributed by atoms with Crippen LogP contribution in [0.1, 0.15) is 24.5 Å². The van der Waals surface area contributed by atoms with Crippen molar-refractivity contribution in [2.45, 2.75) is 33.3 Å². The first-order valence-corrected chi connectivity index (χ1v) is 5.45. The Bertz CT molecular complexity index is 484. The van der Waals surface area contributed by atoms with Crippen molar-refractivity contribution in [3.05, 3.63) is 33.4 Å². The number of aryl methyl sites for hydroxylation is 2. The van der Waals surface area contributed by atoms with Crippen molar-refractivity contribution in [2.24, 2.45) is 0 Å². The number of hydrogen-bond acceptors (Lipinski definition) is 4. The fourth-order valence-corrected chi connectivity index (χ4v) is 1.71. The molecule has 0 amide bonds. The summed E-state index contributed by atoms with van der Waals surface area (Å²) in [4.78, 5) is 21.0. The second-order valence-electron chi connectivity index (χ2n) is 4.21. The lowest BCUT2D eigenvalue weighted by Crippen LogP contribution is -2.17. The van der Waals surface area contributed by atoms with E-state index in [9.17, 15) is 14.9 Å². The van der Waals surface area contributed by atoms with Crippen LogP contribution in [0.4, 0.5) is 5.69 Å². The molecule has 0 aromatic heterocycles. The first-order valence-electron chi connectivity index (χ1n) is 5.45. The van der Waals surface area contributed by atoms with E-state index in [0.717, 1.165) is 5.56 Å². The van der Waals surface area contributed by atoms with Crippen LogP contribution in [-0.2, 0) is 4.79 Å². The zero-order chi connectivity index (χ0) is 13.9. The Hall–Kier alpha value is -2.11. The van der Waals surface area contributed by atoms with Gasteiger partial charge in [0, 0.05) is 6.07 Å². The molecule has 1 aromatic rings. The molecule has 0 radical (unpaired) electrons. The molecule has 1 atom stereocenters. The monoisotopic (exact) mass is 253 g/mol. The molecule has 0 aliphatic heterocycles. The third kappa shape index (κ3) is 3.44. The highest BCUT2D eigenvalue weighted by molar-refractivity contribution is 5.67. The van der Waals surface area contributed by atoms with E-state index in [1.54, 1.807) is 26.8 Å². The fraction of sp³-hybridized carbons (Fsp3) is 0.417. The van der Waals surface area contributed by atoms with Crippen molar-refractivity contribution in [1.29, 1.82) is 0 Å². The quantitative estimate of drug-likeness (QED) is 0.643. The van der Waals surface area contributed by atoms with Gasteiger partial charge in [0.05, 0.1) is 11.3 Å². The van der Waals surface area contributed by atoms with Crippen LogP contribution >= 0.6 is 0 Å². The fourth-order valence-electron chi connectivity index (χ4n) is 1.71. The lowest BCUT2D eigenvalue weighted by molar-refractivity contribution is -0.386. The predicted molar refractivity (Wildman–Crippen MR) is 64.9 cm³/mol. The Morgan fingerprint density at radius 3 is 2.61 bits per heavy atom. The summed E-state index contributed by atoms with van der Waals surface area (Å²) in [5.74, 6) is -0.866. The molecule has 6 nitrogen and oxygen atoms in total. The summed E-state index contributed by atoms with van der Waals surface area (Å²) in [5.41, 5.74) is 1.25. The molecule has 0 unspecified atom stereocenters. The number of carbonyl (C=O) groups is 1. The van der Waals surface area contributed by atoms with Crippen molar-refractivity contribution in [1.82, 2.24) is 0 Å². The van der Waals surface area contributed by atoms with E-state index in [-0.39, 0.29) is 17.9 Å². The first kappa shape index (κ1) is 14.0. The summed E-state index contributed by atoms with van der Waals surface area (Å²) in [7, 11) is 0. The largest absolute Gasteiger partial charge is 0.483 e. The zero-order valence-electron chi connectivity index (χ0n) is 10.5. The van der Waals surface area contributed by atoms with E-state index < -0.39 is 17.0 Å². The molecule has 6 heteroatoms. The smallest absolute Gasteiger partial charge is 0.311 e. The summed E-state index contributed by atoms with van der Waals surface area (Å²) in [6.45, 7) is 5.02. The molecule has 0 saturated heterocycles. The molecule has 0 spiro atoms. The van der Waals surface area contributed by atoms with E-state index >= 15 is 0 Å². The lowest BCUT2D eigenvalue weighted by Gasteiger charge is -2.15. The van der Waals surface area contributed by atoms with Crippen LogP contribution in [0.25, 0.3) is 0 Å². The van der Waals surface area contributed by atoms with Crippen molar-refractivity contribution >= 4 is 11.7 Å². The van der Waals surface area contributed by atoms with Crippen molar-refractivity contribution in [3.8, 4) is 5.75 Å². The molecule has 1 rings (SSSR count). The number of hydrogen-bond donors (Lipinski definition) is 1. The number of nitro benzene ring substituents is 1. The van der Waals surface area contributed by atoms with Gasteiger partial charge < -0.3 is 9.84 Å². The van der Waals surface area contributed by atoms with Crippen LogP contribution in [0.5, 0.6) is 5.75 Å². The number of benzene rings is 1. The summed E-state index contributed by atoms with van der Waals surface area (Å²) in [6, 6.07) is 3.17. The summed E-state index contributed by atoms with van der Waals surface area (Å²) < 4.78 is 5.38. The lowest BCUT2D eigenvalue weighted by atomic mass is 10.1. The number of carboxylic acids is 1. The van der Waals surface area contributed by atoms with Crippen LogP contribution in [0.2, 0.25) is 0 Å². The van der Waals surface area contributed by atoms with Crippen LogP contribution in [0, 0.1) is 24.0 Å². The summed E-state index contributed by atoms with van der Waals surface area (Å²) >= 11 is 0. The van der Waals surface area contributed by atoms with Crippen LogP contribution in [0.3, 0.4) is 0 Å². The van der Waals surface area contributed by atoms with Crippen LogP contribution in [0.15, 0.2) is 12.1 Å². The van der Waals surface area contributed by atoms with Gasteiger partial charge in [-0.15, -0.1) is 0 Å². The van der Waals surface area contributed by atoms with Crippen molar-refractivity contribution < 1.29 is 19.6 Å².